The van der Waals surface area contributed by atoms with Crippen molar-refractivity contribution in [2.75, 3.05) is 19.6 Å². The Kier molecular flexibility index (Phi) is 7.46. The van der Waals surface area contributed by atoms with Gasteiger partial charge in [0.2, 0.25) is 5.91 Å². The molecule has 1 heterocycles. The Bertz CT molecular complexity index is 906. The monoisotopic (exact) mass is 428 g/mol. The zero-order chi connectivity index (χ0) is 21.5. The number of benzene rings is 2. The van der Waals surface area contributed by atoms with Crippen molar-refractivity contribution in [3.63, 3.8) is 0 Å². The summed E-state index contributed by atoms with van der Waals surface area (Å²) in [6.45, 7) is 3.25. The maximum atomic E-state index is 12.5. The Hall–Kier alpha value is -2.86. The van der Waals surface area contributed by atoms with Gasteiger partial charge in [0.1, 0.15) is 5.75 Å². The molecule has 1 fully saturated rings. The molecule has 0 spiro atoms. The van der Waals surface area contributed by atoms with E-state index >= 15 is 0 Å². The van der Waals surface area contributed by atoms with Crippen molar-refractivity contribution < 1.29 is 19.1 Å². The summed E-state index contributed by atoms with van der Waals surface area (Å²) in [7, 11) is 0. The maximum absolute atomic E-state index is 12.5. The van der Waals surface area contributed by atoms with Crippen LogP contribution in [0.15, 0.2) is 48.5 Å². The smallest absolute Gasteiger partial charge is 0.308 e. The molecule has 0 bridgehead atoms. The van der Waals surface area contributed by atoms with Crippen LogP contribution in [0.5, 0.6) is 5.75 Å². The lowest BCUT2D eigenvalue weighted by molar-refractivity contribution is -0.132. The number of ether oxygens (including phenoxy) is 1. The maximum Gasteiger partial charge on any atom is 0.308 e. The Balaban J connectivity index is 1.43. The number of rotatable bonds is 6. The minimum absolute atomic E-state index is 0.113. The normalized spacial score (nSPS) is 14.3. The van der Waals surface area contributed by atoms with E-state index < -0.39 is 5.97 Å². The van der Waals surface area contributed by atoms with E-state index in [1.165, 1.54) is 6.92 Å². The van der Waals surface area contributed by atoms with Crippen molar-refractivity contribution in [2.45, 2.75) is 26.2 Å². The molecule has 30 heavy (non-hydrogen) atoms. The highest BCUT2D eigenvalue weighted by atomic mass is 35.5. The fraction of sp³-hybridized carbons (Fsp3) is 0.348. The third kappa shape index (κ3) is 6.32. The third-order valence-corrected chi connectivity index (χ3v) is 5.40. The van der Waals surface area contributed by atoms with Crippen molar-refractivity contribution in [1.82, 2.24) is 10.2 Å². The number of esters is 1. The summed E-state index contributed by atoms with van der Waals surface area (Å²) in [6.07, 6.45) is 2.07. The van der Waals surface area contributed by atoms with Crippen LogP contribution in [0.1, 0.15) is 35.7 Å². The summed E-state index contributed by atoms with van der Waals surface area (Å²) < 4.78 is 5.02. The second-order valence-corrected chi connectivity index (χ2v) is 7.90. The van der Waals surface area contributed by atoms with Gasteiger partial charge in [-0.2, -0.15) is 0 Å². The van der Waals surface area contributed by atoms with Crippen LogP contribution in [0.3, 0.4) is 0 Å². The van der Waals surface area contributed by atoms with Gasteiger partial charge in [-0.3, -0.25) is 14.4 Å². The molecule has 0 atom stereocenters. The third-order valence-electron chi connectivity index (χ3n) is 5.14. The molecule has 2 aromatic rings. The summed E-state index contributed by atoms with van der Waals surface area (Å²) in [5.74, 6) is 0.158. The van der Waals surface area contributed by atoms with E-state index in [1.807, 2.05) is 17.0 Å². The molecule has 6 nitrogen and oxygen atoms in total. The fourth-order valence-electron chi connectivity index (χ4n) is 3.48. The Morgan fingerprint density at radius 1 is 1.10 bits per heavy atom. The van der Waals surface area contributed by atoms with Gasteiger partial charge in [0.25, 0.3) is 5.91 Å². The topological polar surface area (TPSA) is 75.7 Å². The van der Waals surface area contributed by atoms with Gasteiger partial charge in [0.05, 0.1) is 6.42 Å². The standard InChI is InChI=1S/C23H25ClN2O4/c1-16(27)30-21-4-2-3-19(14-21)23(29)25-15-18-9-11-26(12-10-18)22(28)13-17-5-7-20(24)8-6-17/h2-8,14,18H,9-13,15H2,1H3,(H,25,29). The number of carbonyl (C=O) groups excluding carboxylic acids is 3. The number of hydrogen-bond acceptors (Lipinski definition) is 4. The number of halogens is 1. The lowest BCUT2D eigenvalue weighted by Gasteiger charge is -2.32. The highest BCUT2D eigenvalue weighted by Crippen LogP contribution is 2.19. The minimum atomic E-state index is -0.426. The van der Waals surface area contributed by atoms with Gasteiger partial charge in [0, 0.05) is 37.1 Å². The first kappa shape index (κ1) is 21.8. The van der Waals surface area contributed by atoms with Crippen LogP contribution >= 0.6 is 11.6 Å². The minimum Gasteiger partial charge on any atom is -0.427 e. The van der Waals surface area contributed by atoms with Crippen molar-refractivity contribution in [3.05, 3.63) is 64.7 Å². The molecule has 1 aliphatic heterocycles. The zero-order valence-corrected chi connectivity index (χ0v) is 17.7. The van der Waals surface area contributed by atoms with Crippen LogP contribution in [0.2, 0.25) is 5.02 Å². The van der Waals surface area contributed by atoms with Crippen molar-refractivity contribution in [3.8, 4) is 5.75 Å². The van der Waals surface area contributed by atoms with E-state index in [1.54, 1.807) is 36.4 Å². The Labute approximate surface area is 181 Å². The van der Waals surface area contributed by atoms with Gasteiger partial charge in [-0.1, -0.05) is 29.8 Å². The first-order chi connectivity index (χ1) is 14.4. The molecule has 0 aliphatic carbocycles. The highest BCUT2D eigenvalue weighted by Gasteiger charge is 2.23. The van der Waals surface area contributed by atoms with E-state index in [-0.39, 0.29) is 11.8 Å². The second kappa shape index (κ2) is 10.3. The molecule has 7 heteroatoms. The molecule has 1 saturated heterocycles. The van der Waals surface area contributed by atoms with E-state index in [9.17, 15) is 14.4 Å². The number of carbonyl (C=O) groups is 3. The number of nitrogens with zero attached hydrogens (tertiary/aromatic N) is 1. The van der Waals surface area contributed by atoms with Gasteiger partial charge in [-0.15, -0.1) is 0 Å². The quantitative estimate of drug-likeness (QED) is 0.564. The molecule has 0 saturated carbocycles. The van der Waals surface area contributed by atoms with Gasteiger partial charge in [-0.05, 0) is 54.7 Å². The molecule has 0 radical (unpaired) electrons. The second-order valence-electron chi connectivity index (χ2n) is 7.46. The van der Waals surface area contributed by atoms with Crippen LogP contribution in [-0.2, 0) is 16.0 Å². The van der Waals surface area contributed by atoms with Crippen LogP contribution in [0.25, 0.3) is 0 Å². The molecular formula is C23H25ClN2O4. The summed E-state index contributed by atoms with van der Waals surface area (Å²) in [5.41, 5.74) is 1.40. The van der Waals surface area contributed by atoms with Gasteiger partial charge in [-0.25, -0.2) is 0 Å². The zero-order valence-electron chi connectivity index (χ0n) is 16.9. The van der Waals surface area contributed by atoms with Crippen LogP contribution in [-0.4, -0.2) is 42.3 Å². The average molecular weight is 429 g/mol. The van der Waals surface area contributed by atoms with Crippen LogP contribution in [0, 0.1) is 5.92 Å². The van der Waals surface area contributed by atoms with E-state index in [4.69, 9.17) is 16.3 Å². The van der Waals surface area contributed by atoms with E-state index in [0.717, 1.165) is 18.4 Å². The van der Waals surface area contributed by atoms with Crippen molar-refractivity contribution >= 4 is 29.4 Å². The number of nitrogens with one attached hydrogen (secondary N) is 1. The predicted octanol–water partition coefficient (Wildman–Crippen LogP) is 3.48. The molecule has 3 rings (SSSR count). The fourth-order valence-corrected chi connectivity index (χ4v) is 3.61. The summed E-state index contributed by atoms with van der Waals surface area (Å²) >= 11 is 5.89. The van der Waals surface area contributed by atoms with E-state index in [0.29, 0.717) is 48.3 Å². The largest absolute Gasteiger partial charge is 0.427 e. The van der Waals surface area contributed by atoms with E-state index in [2.05, 4.69) is 5.32 Å². The van der Waals surface area contributed by atoms with Crippen LogP contribution in [0.4, 0.5) is 0 Å². The molecule has 158 valence electrons. The summed E-state index contributed by atoms with van der Waals surface area (Å²) in [4.78, 5) is 37.9. The molecule has 1 aliphatic rings. The number of amides is 2. The van der Waals surface area contributed by atoms with Crippen LogP contribution < -0.4 is 10.1 Å². The molecule has 1 N–H and O–H groups in total. The molecule has 0 unspecified atom stereocenters. The lowest BCUT2D eigenvalue weighted by atomic mass is 9.96. The Morgan fingerprint density at radius 3 is 2.47 bits per heavy atom. The average Bonchev–Trinajstić information content (AvgIpc) is 2.73. The number of piperidine rings is 1. The summed E-state index contributed by atoms with van der Waals surface area (Å²) in [5, 5.41) is 3.60. The van der Waals surface area contributed by atoms with Gasteiger partial charge >= 0.3 is 5.97 Å². The molecule has 2 aromatic carbocycles. The SMILES string of the molecule is CC(=O)Oc1cccc(C(=O)NCC2CCN(C(=O)Cc3ccc(Cl)cc3)CC2)c1. The predicted molar refractivity (Wildman–Crippen MR) is 115 cm³/mol. The molecule has 0 aromatic heterocycles. The van der Waals surface area contributed by atoms with Crippen molar-refractivity contribution in [2.24, 2.45) is 5.92 Å². The molecular weight excluding hydrogens is 404 g/mol. The number of hydrogen-bond donors (Lipinski definition) is 1. The first-order valence-electron chi connectivity index (χ1n) is 9.99. The lowest BCUT2D eigenvalue weighted by Crippen LogP contribution is -2.42. The van der Waals surface area contributed by atoms with Gasteiger partial charge in [0.15, 0.2) is 0 Å². The highest BCUT2D eigenvalue weighted by molar-refractivity contribution is 6.30. The number of likely N-dealkylation sites (tertiary alicyclic amines) is 1. The van der Waals surface area contributed by atoms with Crippen molar-refractivity contribution in [1.29, 1.82) is 0 Å². The molecule has 2 amide bonds. The Morgan fingerprint density at radius 2 is 1.80 bits per heavy atom. The summed E-state index contributed by atoms with van der Waals surface area (Å²) in [6, 6.07) is 13.9. The van der Waals surface area contributed by atoms with Gasteiger partial charge < -0.3 is 15.0 Å². The first-order valence-corrected chi connectivity index (χ1v) is 10.4.